The number of benzene rings is 2. The molecule has 1 aliphatic rings. The van der Waals surface area contributed by atoms with Crippen molar-refractivity contribution in [1.29, 1.82) is 0 Å². The van der Waals surface area contributed by atoms with Crippen LogP contribution in [0.1, 0.15) is 29.2 Å². The normalized spacial score (nSPS) is 17.8. The predicted molar refractivity (Wildman–Crippen MR) is 103 cm³/mol. The van der Waals surface area contributed by atoms with Gasteiger partial charge in [0.25, 0.3) is 0 Å². The molecule has 26 heavy (non-hydrogen) atoms. The summed E-state index contributed by atoms with van der Waals surface area (Å²) in [6.07, 6.45) is -1.66. The standard InChI is InChI=1S/C19H16ClF3N2S/c20-15-5-6-17(24)16(10-15)13-7-8-25(11-26)18(9-13)12-1-3-14(4-2-12)19(21,22)23/h1-6,9-11,18H,7-8,24H2. The summed E-state index contributed by atoms with van der Waals surface area (Å²) >= 11 is 11.2. The molecule has 0 radical (unpaired) electrons. The topological polar surface area (TPSA) is 29.3 Å². The summed E-state index contributed by atoms with van der Waals surface area (Å²) in [5, 5.41) is 0.582. The van der Waals surface area contributed by atoms with E-state index < -0.39 is 11.7 Å². The molecule has 136 valence electrons. The minimum atomic E-state index is -4.36. The van der Waals surface area contributed by atoms with Gasteiger partial charge in [-0.1, -0.05) is 42.0 Å². The minimum absolute atomic E-state index is 0.253. The lowest BCUT2D eigenvalue weighted by Gasteiger charge is -2.33. The minimum Gasteiger partial charge on any atom is -0.398 e. The summed E-state index contributed by atoms with van der Waals surface area (Å²) in [7, 11) is 0. The van der Waals surface area contributed by atoms with Gasteiger partial charge in [-0.2, -0.15) is 13.2 Å². The first-order valence-corrected chi connectivity index (χ1v) is 8.79. The van der Waals surface area contributed by atoms with Crippen molar-refractivity contribution in [3.05, 3.63) is 70.3 Å². The first kappa shape index (κ1) is 18.7. The first-order chi connectivity index (χ1) is 12.3. The molecule has 0 fully saturated rings. The molecule has 2 nitrogen and oxygen atoms in total. The lowest BCUT2D eigenvalue weighted by atomic mass is 9.91. The highest BCUT2D eigenvalue weighted by Crippen LogP contribution is 2.37. The molecule has 3 rings (SSSR count). The highest BCUT2D eigenvalue weighted by atomic mass is 35.5. The van der Waals surface area contributed by atoms with Gasteiger partial charge < -0.3 is 10.6 Å². The summed E-state index contributed by atoms with van der Waals surface area (Å²) in [6, 6.07) is 10.2. The van der Waals surface area contributed by atoms with Crippen molar-refractivity contribution >= 4 is 40.6 Å². The number of thiocarbonyl (C=S) groups is 1. The summed E-state index contributed by atoms with van der Waals surface area (Å²) in [6.45, 7) is 0.646. The second-order valence-corrected chi connectivity index (χ2v) is 6.73. The zero-order valence-electron chi connectivity index (χ0n) is 13.6. The number of hydrogen-bond donors (Lipinski definition) is 1. The maximum atomic E-state index is 12.8. The average molecular weight is 397 g/mol. The molecule has 1 atom stereocenters. The second kappa shape index (κ2) is 7.29. The fourth-order valence-electron chi connectivity index (χ4n) is 3.06. The van der Waals surface area contributed by atoms with E-state index in [4.69, 9.17) is 29.6 Å². The van der Waals surface area contributed by atoms with Crippen LogP contribution in [0, 0.1) is 0 Å². The first-order valence-electron chi connectivity index (χ1n) is 7.94. The van der Waals surface area contributed by atoms with E-state index in [0.717, 1.165) is 35.3 Å². The van der Waals surface area contributed by atoms with E-state index >= 15 is 0 Å². The van der Waals surface area contributed by atoms with E-state index in [-0.39, 0.29) is 6.04 Å². The molecule has 0 saturated carbocycles. The summed E-state index contributed by atoms with van der Waals surface area (Å²) in [5.74, 6) is 0. The number of nitrogens with two attached hydrogens (primary N) is 1. The van der Waals surface area contributed by atoms with E-state index in [1.807, 2.05) is 11.0 Å². The molecule has 2 aromatic carbocycles. The number of rotatable bonds is 3. The van der Waals surface area contributed by atoms with E-state index in [9.17, 15) is 13.2 Å². The van der Waals surface area contributed by atoms with E-state index in [0.29, 0.717) is 17.3 Å². The van der Waals surface area contributed by atoms with E-state index in [1.54, 1.807) is 18.2 Å². The molecule has 2 aromatic rings. The monoisotopic (exact) mass is 396 g/mol. The van der Waals surface area contributed by atoms with Crippen LogP contribution < -0.4 is 5.73 Å². The van der Waals surface area contributed by atoms with Crippen LogP contribution in [-0.4, -0.2) is 16.9 Å². The third kappa shape index (κ3) is 3.86. The Morgan fingerprint density at radius 2 is 1.85 bits per heavy atom. The average Bonchev–Trinajstić information content (AvgIpc) is 2.62. The smallest absolute Gasteiger partial charge is 0.398 e. The molecular formula is C19H16ClF3N2S. The molecule has 0 bridgehead atoms. The predicted octanol–water partition coefficient (Wildman–Crippen LogP) is 5.73. The maximum Gasteiger partial charge on any atom is 0.416 e. The molecular weight excluding hydrogens is 381 g/mol. The SMILES string of the molecule is Nc1ccc(Cl)cc1C1=CC(c2ccc(C(F)(F)F)cc2)N(C=S)CC1. The van der Waals surface area contributed by atoms with Crippen molar-refractivity contribution in [2.24, 2.45) is 0 Å². The Morgan fingerprint density at radius 1 is 1.15 bits per heavy atom. The molecule has 0 amide bonds. The highest BCUT2D eigenvalue weighted by Gasteiger charge is 2.31. The third-order valence-corrected chi connectivity index (χ3v) is 4.94. The molecule has 7 heteroatoms. The second-order valence-electron chi connectivity index (χ2n) is 6.08. The molecule has 1 aliphatic heterocycles. The van der Waals surface area contributed by atoms with Gasteiger partial charge in [0, 0.05) is 22.8 Å². The number of halogens is 4. The quantitative estimate of drug-likeness (QED) is 0.530. The Bertz CT molecular complexity index is 847. The zero-order valence-corrected chi connectivity index (χ0v) is 15.2. The van der Waals surface area contributed by atoms with Crippen LogP contribution in [0.15, 0.2) is 48.5 Å². The van der Waals surface area contributed by atoms with Crippen LogP contribution in [0.2, 0.25) is 5.02 Å². The summed E-state index contributed by atoms with van der Waals surface area (Å²) < 4.78 is 38.4. The molecule has 0 spiro atoms. The largest absolute Gasteiger partial charge is 0.416 e. The van der Waals surface area contributed by atoms with Gasteiger partial charge in [-0.05, 0) is 47.9 Å². The van der Waals surface area contributed by atoms with E-state index in [2.05, 4.69) is 0 Å². The Kier molecular flexibility index (Phi) is 5.25. The van der Waals surface area contributed by atoms with Crippen molar-refractivity contribution < 1.29 is 13.2 Å². The van der Waals surface area contributed by atoms with Crippen molar-refractivity contribution in [2.75, 3.05) is 12.3 Å². The van der Waals surface area contributed by atoms with Crippen LogP contribution in [0.4, 0.5) is 18.9 Å². The van der Waals surface area contributed by atoms with Gasteiger partial charge in [0.05, 0.1) is 17.1 Å². The maximum absolute atomic E-state index is 12.8. The summed E-state index contributed by atoms with van der Waals surface area (Å²) in [5.41, 5.74) is 10.1. The van der Waals surface area contributed by atoms with Crippen LogP contribution >= 0.6 is 23.8 Å². The number of anilines is 1. The molecule has 1 heterocycles. The number of hydrogen-bond acceptors (Lipinski definition) is 2. The van der Waals surface area contributed by atoms with Gasteiger partial charge in [0.15, 0.2) is 0 Å². The van der Waals surface area contributed by atoms with Crippen molar-refractivity contribution in [3.8, 4) is 0 Å². The van der Waals surface area contributed by atoms with Crippen LogP contribution in [0.3, 0.4) is 0 Å². The van der Waals surface area contributed by atoms with Crippen molar-refractivity contribution in [2.45, 2.75) is 18.6 Å². The molecule has 0 aromatic heterocycles. The lowest BCUT2D eigenvalue weighted by Crippen LogP contribution is -2.30. The van der Waals surface area contributed by atoms with E-state index in [1.165, 1.54) is 17.6 Å². The Morgan fingerprint density at radius 3 is 2.46 bits per heavy atom. The Hall–Kier alpha value is -2.05. The Balaban J connectivity index is 2.00. The van der Waals surface area contributed by atoms with Gasteiger partial charge in [0.2, 0.25) is 0 Å². The Labute approximate surface area is 160 Å². The summed E-state index contributed by atoms with van der Waals surface area (Å²) in [4.78, 5) is 1.92. The highest BCUT2D eigenvalue weighted by molar-refractivity contribution is 7.78. The molecule has 0 aliphatic carbocycles. The van der Waals surface area contributed by atoms with Crippen molar-refractivity contribution in [1.82, 2.24) is 4.90 Å². The number of nitrogen functional groups attached to an aromatic ring is 1. The third-order valence-electron chi connectivity index (χ3n) is 4.43. The van der Waals surface area contributed by atoms with Gasteiger partial charge in [-0.3, -0.25) is 0 Å². The van der Waals surface area contributed by atoms with Crippen LogP contribution in [-0.2, 0) is 6.18 Å². The lowest BCUT2D eigenvalue weighted by molar-refractivity contribution is -0.137. The van der Waals surface area contributed by atoms with Crippen LogP contribution in [0.25, 0.3) is 5.57 Å². The van der Waals surface area contributed by atoms with Gasteiger partial charge in [-0.15, -0.1) is 0 Å². The molecule has 2 N–H and O–H groups in total. The van der Waals surface area contributed by atoms with Gasteiger partial charge in [-0.25, -0.2) is 0 Å². The van der Waals surface area contributed by atoms with Gasteiger partial charge in [0.1, 0.15) is 0 Å². The van der Waals surface area contributed by atoms with Gasteiger partial charge >= 0.3 is 6.18 Å². The zero-order chi connectivity index (χ0) is 18.9. The number of alkyl halides is 3. The fourth-order valence-corrected chi connectivity index (χ4v) is 3.47. The number of nitrogens with zero attached hydrogens (tertiary/aromatic N) is 1. The van der Waals surface area contributed by atoms with Crippen molar-refractivity contribution in [3.63, 3.8) is 0 Å². The molecule has 0 saturated heterocycles. The van der Waals surface area contributed by atoms with Crippen LogP contribution in [0.5, 0.6) is 0 Å². The fraction of sp³-hybridized carbons (Fsp3) is 0.211. The molecule has 1 unspecified atom stereocenters.